The zero-order valence-corrected chi connectivity index (χ0v) is 13.6. The van der Waals surface area contributed by atoms with Gasteiger partial charge in [0.15, 0.2) is 12.6 Å². The Morgan fingerprint density at radius 1 is 1.32 bits per heavy atom. The maximum Gasteiger partial charge on any atom is 0.422 e. The summed E-state index contributed by atoms with van der Waals surface area (Å²) in [6.07, 6.45) is -1.43. The van der Waals surface area contributed by atoms with E-state index in [4.69, 9.17) is 4.42 Å². The first kappa shape index (κ1) is 18.6. The smallest absolute Gasteiger partial charge is 0.422 e. The van der Waals surface area contributed by atoms with Gasteiger partial charge < -0.3 is 19.8 Å². The summed E-state index contributed by atoms with van der Waals surface area (Å²) in [5.41, 5.74) is 0.683. The van der Waals surface area contributed by atoms with Crippen LogP contribution >= 0.6 is 0 Å². The predicted molar refractivity (Wildman–Crippen MR) is 86.2 cm³/mol. The largest absolute Gasteiger partial charge is 0.468 e. The molecule has 0 amide bonds. The Kier molecular flexibility index (Phi) is 6.67. The summed E-state index contributed by atoms with van der Waals surface area (Å²) >= 11 is 0. The van der Waals surface area contributed by atoms with Crippen molar-refractivity contribution in [3.05, 3.63) is 48.0 Å². The first-order valence-electron chi connectivity index (χ1n) is 7.65. The van der Waals surface area contributed by atoms with E-state index >= 15 is 0 Å². The number of aliphatic imine (C=N–C) groups is 1. The van der Waals surface area contributed by atoms with E-state index in [0.29, 0.717) is 24.6 Å². The van der Waals surface area contributed by atoms with Gasteiger partial charge in [0, 0.05) is 18.8 Å². The monoisotopic (exact) mass is 356 g/mol. The lowest BCUT2D eigenvalue weighted by atomic mass is 10.3. The van der Waals surface area contributed by atoms with Crippen LogP contribution in [-0.2, 0) is 13.1 Å². The number of furan rings is 1. The van der Waals surface area contributed by atoms with E-state index in [1.54, 1.807) is 18.4 Å². The molecule has 136 valence electrons. The Hall–Kier alpha value is -2.71. The van der Waals surface area contributed by atoms with Crippen molar-refractivity contribution >= 4 is 5.96 Å². The maximum atomic E-state index is 12.2. The molecule has 0 aliphatic carbocycles. The number of guanidine groups is 1. The molecule has 0 fully saturated rings. The standard InChI is InChI=1S/C16H19F3N4O2/c1-2-20-15(23-10-13-4-3-7-24-13)22-9-12-5-6-21-14(8-12)25-11-16(17,18)19/h3-8H,2,9-11H2,1H3,(H2,20,22,23). The summed E-state index contributed by atoms with van der Waals surface area (Å²) in [4.78, 5) is 8.14. The highest BCUT2D eigenvalue weighted by Crippen LogP contribution is 2.17. The zero-order chi connectivity index (χ0) is 18.1. The number of hydrogen-bond acceptors (Lipinski definition) is 4. The highest BCUT2D eigenvalue weighted by atomic mass is 19.4. The maximum absolute atomic E-state index is 12.2. The molecule has 0 spiro atoms. The van der Waals surface area contributed by atoms with Gasteiger partial charge in [-0.05, 0) is 30.7 Å². The number of nitrogens with one attached hydrogen (secondary N) is 2. The second-order valence-corrected chi connectivity index (χ2v) is 5.03. The molecular weight excluding hydrogens is 337 g/mol. The molecule has 0 aliphatic heterocycles. The minimum absolute atomic E-state index is 0.0847. The number of nitrogens with zero attached hydrogens (tertiary/aromatic N) is 2. The van der Waals surface area contributed by atoms with Crippen molar-refractivity contribution in [1.29, 1.82) is 0 Å². The van der Waals surface area contributed by atoms with Crippen LogP contribution in [0, 0.1) is 0 Å². The normalized spacial score (nSPS) is 12.1. The van der Waals surface area contributed by atoms with E-state index in [2.05, 4.69) is 25.3 Å². The van der Waals surface area contributed by atoms with Crippen LogP contribution in [0.25, 0.3) is 0 Å². The van der Waals surface area contributed by atoms with Crippen LogP contribution in [0.4, 0.5) is 13.2 Å². The van der Waals surface area contributed by atoms with E-state index in [1.165, 1.54) is 12.3 Å². The molecule has 0 aliphatic rings. The van der Waals surface area contributed by atoms with Crippen molar-refractivity contribution < 1.29 is 22.3 Å². The van der Waals surface area contributed by atoms with Crippen LogP contribution in [0.1, 0.15) is 18.2 Å². The zero-order valence-electron chi connectivity index (χ0n) is 13.6. The fourth-order valence-corrected chi connectivity index (χ4v) is 1.88. The third-order valence-corrected chi connectivity index (χ3v) is 2.96. The van der Waals surface area contributed by atoms with E-state index in [0.717, 1.165) is 5.76 Å². The van der Waals surface area contributed by atoms with Crippen molar-refractivity contribution in [3.63, 3.8) is 0 Å². The van der Waals surface area contributed by atoms with Gasteiger partial charge in [-0.3, -0.25) is 0 Å². The van der Waals surface area contributed by atoms with Gasteiger partial charge in [-0.15, -0.1) is 0 Å². The fourth-order valence-electron chi connectivity index (χ4n) is 1.88. The van der Waals surface area contributed by atoms with E-state index < -0.39 is 12.8 Å². The van der Waals surface area contributed by atoms with Gasteiger partial charge in [0.25, 0.3) is 0 Å². The molecule has 0 atom stereocenters. The molecule has 2 heterocycles. The molecule has 2 aromatic rings. The van der Waals surface area contributed by atoms with Gasteiger partial charge in [0.05, 0.1) is 19.4 Å². The topological polar surface area (TPSA) is 71.7 Å². The minimum atomic E-state index is -4.40. The number of alkyl halides is 3. The number of rotatable bonds is 7. The third kappa shape index (κ3) is 7.15. The van der Waals surface area contributed by atoms with Gasteiger partial charge in [-0.25, -0.2) is 9.98 Å². The van der Waals surface area contributed by atoms with Crippen molar-refractivity contribution in [1.82, 2.24) is 15.6 Å². The second-order valence-electron chi connectivity index (χ2n) is 5.03. The average molecular weight is 356 g/mol. The van der Waals surface area contributed by atoms with Crippen LogP contribution in [0.5, 0.6) is 5.88 Å². The summed E-state index contributed by atoms with van der Waals surface area (Å²) in [5.74, 6) is 1.24. The Labute approximate surface area is 143 Å². The van der Waals surface area contributed by atoms with Crippen molar-refractivity contribution in [2.45, 2.75) is 26.2 Å². The molecule has 0 saturated carbocycles. The second kappa shape index (κ2) is 8.95. The number of pyridine rings is 1. The average Bonchev–Trinajstić information content (AvgIpc) is 3.09. The molecule has 9 heteroatoms. The quantitative estimate of drug-likeness (QED) is 0.590. The summed E-state index contributed by atoms with van der Waals surface area (Å²) in [7, 11) is 0. The van der Waals surface area contributed by atoms with Crippen molar-refractivity contribution in [2.75, 3.05) is 13.2 Å². The summed E-state index contributed by atoms with van der Waals surface area (Å²) in [5, 5.41) is 6.18. The fraction of sp³-hybridized carbons (Fsp3) is 0.375. The van der Waals surface area contributed by atoms with Gasteiger partial charge >= 0.3 is 6.18 Å². The first-order chi connectivity index (χ1) is 12.0. The molecule has 0 unspecified atom stereocenters. The summed E-state index contributed by atoms with van der Waals surface area (Å²) in [6, 6.07) is 6.73. The lowest BCUT2D eigenvalue weighted by molar-refractivity contribution is -0.154. The molecule has 6 nitrogen and oxygen atoms in total. The summed E-state index contributed by atoms with van der Waals surface area (Å²) < 4.78 is 46.4. The van der Waals surface area contributed by atoms with E-state index in [9.17, 15) is 13.2 Å². The molecule has 0 aromatic carbocycles. The minimum Gasteiger partial charge on any atom is -0.468 e. The predicted octanol–water partition coefficient (Wildman–Crippen LogP) is 2.87. The molecule has 0 bridgehead atoms. The lowest BCUT2D eigenvalue weighted by Crippen LogP contribution is -2.36. The Balaban J connectivity index is 1.94. The van der Waals surface area contributed by atoms with E-state index in [-0.39, 0.29) is 12.4 Å². The van der Waals surface area contributed by atoms with Gasteiger partial charge in [0.2, 0.25) is 5.88 Å². The number of halogens is 3. The van der Waals surface area contributed by atoms with E-state index in [1.807, 2.05) is 13.0 Å². The van der Waals surface area contributed by atoms with Crippen LogP contribution in [0.15, 0.2) is 46.1 Å². The summed E-state index contributed by atoms with van der Waals surface area (Å²) in [6.45, 7) is 1.95. The Bertz CT molecular complexity index is 672. The Morgan fingerprint density at radius 3 is 2.84 bits per heavy atom. The Morgan fingerprint density at radius 2 is 2.16 bits per heavy atom. The number of ether oxygens (including phenoxy) is 1. The highest BCUT2D eigenvalue weighted by molar-refractivity contribution is 5.79. The molecule has 0 radical (unpaired) electrons. The number of hydrogen-bond donors (Lipinski definition) is 2. The lowest BCUT2D eigenvalue weighted by Gasteiger charge is -2.11. The molecule has 2 rings (SSSR count). The number of aromatic nitrogens is 1. The van der Waals surface area contributed by atoms with Crippen LogP contribution in [0.3, 0.4) is 0 Å². The molecular formula is C16H19F3N4O2. The SMILES string of the molecule is CCNC(=NCc1ccnc(OCC(F)(F)F)c1)NCc1ccco1. The van der Waals surface area contributed by atoms with Gasteiger partial charge in [-0.1, -0.05) is 0 Å². The van der Waals surface area contributed by atoms with Crippen LogP contribution < -0.4 is 15.4 Å². The van der Waals surface area contributed by atoms with Crippen LogP contribution in [0.2, 0.25) is 0 Å². The van der Waals surface area contributed by atoms with Gasteiger partial charge in [0.1, 0.15) is 5.76 Å². The highest BCUT2D eigenvalue weighted by Gasteiger charge is 2.28. The van der Waals surface area contributed by atoms with Crippen LogP contribution in [-0.4, -0.2) is 30.3 Å². The molecule has 2 N–H and O–H groups in total. The molecule has 25 heavy (non-hydrogen) atoms. The third-order valence-electron chi connectivity index (χ3n) is 2.96. The van der Waals surface area contributed by atoms with Crippen molar-refractivity contribution in [3.8, 4) is 5.88 Å². The van der Waals surface area contributed by atoms with Gasteiger partial charge in [-0.2, -0.15) is 13.2 Å². The molecule has 0 saturated heterocycles. The van der Waals surface area contributed by atoms with Crippen molar-refractivity contribution in [2.24, 2.45) is 4.99 Å². The molecule has 2 aromatic heterocycles. The first-order valence-corrected chi connectivity index (χ1v) is 7.65.